The number of fused-ring (bicyclic) bond motifs is 14. The van der Waals surface area contributed by atoms with Gasteiger partial charge in [-0.1, -0.05) is 158 Å². The van der Waals surface area contributed by atoms with Gasteiger partial charge in [-0.2, -0.15) is 0 Å². The highest BCUT2D eigenvalue weighted by molar-refractivity contribution is 6.13. The van der Waals surface area contributed by atoms with E-state index in [-0.39, 0.29) is 0 Å². The Bertz CT molecular complexity index is 3770. The summed E-state index contributed by atoms with van der Waals surface area (Å²) in [7, 11) is 0. The monoisotopic (exact) mass is 818 g/mol. The minimum atomic E-state index is -0.602. The number of ether oxygens (including phenoxy) is 1. The molecule has 3 aromatic heterocycles. The number of aromatic nitrogens is 2. The molecule has 1 spiro atoms. The normalized spacial score (nSPS) is 14.0. The maximum Gasteiger partial charge on any atom is 0.136 e. The zero-order valence-electron chi connectivity index (χ0n) is 34.8. The van der Waals surface area contributed by atoms with Crippen molar-refractivity contribution < 1.29 is 9.15 Å². The lowest BCUT2D eigenvalue weighted by molar-refractivity contribution is 0.434. The highest BCUT2D eigenvalue weighted by atomic mass is 16.5. The first-order valence-electron chi connectivity index (χ1n) is 22.2. The Balaban J connectivity index is 1.01. The summed E-state index contributed by atoms with van der Waals surface area (Å²) >= 11 is 0. The van der Waals surface area contributed by atoms with Crippen LogP contribution in [0.2, 0.25) is 0 Å². The minimum absolute atomic E-state index is 0.602. The van der Waals surface area contributed by atoms with Crippen molar-refractivity contribution in [3.05, 3.63) is 227 Å². The Morgan fingerprint density at radius 1 is 0.453 bits per heavy atom. The molecule has 300 valence electrons. The minimum Gasteiger partial charge on any atom is -0.457 e. The molecule has 8 aromatic carbocycles. The quantitative estimate of drug-likeness (QED) is 0.178. The number of benzene rings is 8. The van der Waals surface area contributed by atoms with Gasteiger partial charge >= 0.3 is 0 Å². The summed E-state index contributed by atoms with van der Waals surface area (Å²) in [6, 6.07) is 69.7. The summed E-state index contributed by atoms with van der Waals surface area (Å²) < 4.78 is 15.9. The van der Waals surface area contributed by atoms with Crippen molar-refractivity contribution in [3.8, 4) is 62.0 Å². The van der Waals surface area contributed by atoms with E-state index in [4.69, 9.17) is 14.1 Å². The van der Waals surface area contributed by atoms with Crippen LogP contribution in [0.5, 0.6) is 11.5 Å². The summed E-state index contributed by atoms with van der Waals surface area (Å²) in [5.74, 6) is 1.79. The fourth-order valence-electron chi connectivity index (χ4n) is 11.2. The molecule has 5 heterocycles. The van der Waals surface area contributed by atoms with Crippen LogP contribution in [0.1, 0.15) is 35.1 Å². The number of hydrogen-bond acceptors (Lipinski definition) is 3. The molecular formula is C60H38N2O2. The fraction of sp³-hybridized carbons (Fsp3) is 0.0500. The summed E-state index contributed by atoms with van der Waals surface area (Å²) in [5.41, 5.74) is 16.9. The van der Waals surface area contributed by atoms with Crippen molar-refractivity contribution in [2.45, 2.75) is 18.3 Å². The summed E-state index contributed by atoms with van der Waals surface area (Å²) in [6.07, 6.45) is 6.93. The predicted octanol–water partition coefficient (Wildman–Crippen LogP) is 13.7. The van der Waals surface area contributed by atoms with E-state index in [1.807, 2.05) is 6.07 Å². The number of para-hydroxylation sites is 3. The van der Waals surface area contributed by atoms with Crippen LogP contribution in [0.15, 0.2) is 199 Å². The zero-order valence-corrected chi connectivity index (χ0v) is 34.8. The van der Waals surface area contributed by atoms with Crippen molar-refractivity contribution in [1.82, 2.24) is 9.55 Å². The SMILES string of the molecule is C1=c2c(n3c4c(cccc24)C2(c4ccccc4Oc4ccccc42)c2ccc(-c4ccc5oc6cccc(-c7cc(-c8ccccc8)cc(-c8ccccc8)n7)c6c5c4)cc2-3)=CCC1. The zero-order chi connectivity index (χ0) is 41.9. The second kappa shape index (κ2) is 13.4. The standard InChI is InChI=1S/C60H38N2O2/c1-3-15-37(16-4-1)41-34-50(38-17-5-2-6-18-38)61-51(35-41)44-21-14-28-57-58(44)45-33-39(30-32-54(45)63-57)40-29-31-46-53(36-40)62-52-25-10-7-19-42(52)43-20-13-24-49(59(43)62)60(46)47-22-8-11-26-55(47)64-56-27-12-9-23-48(56)60/h1-6,8-9,11-36H,7,10H2. The topological polar surface area (TPSA) is 40.2 Å². The van der Waals surface area contributed by atoms with Gasteiger partial charge in [0.1, 0.15) is 22.7 Å². The van der Waals surface area contributed by atoms with E-state index >= 15 is 0 Å². The maximum atomic E-state index is 6.71. The molecule has 0 bridgehead atoms. The highest BCUT2D eigenvalue weighted by Crippen LogP contribution is 2.59. The van der Waals surface area contributed by atoms with Crippen molar-refractivity contribution in [3.63, 3.8) is 0 Å². The molecule has 4 nitrogen and oxygen atoms in total. The Hall–Kier alpha value is -8.21. The molecule has 11 aromatic rings. The Morgan fingerprint density at radius 2 is 1.12 bits per heavy atom. The summed E-state index contributed by atoms with van der Waals surface area (Å²) in [6.45, 7) is 0. The van der Waals surface area contributed by atoms with Crippen molar-refractivity contribution in [2.75, 3.05) is 0 Å². The third-order valence-electron chi connectivity index (χ3n) is 13.9. The molecule has 0 amide bonds. The number of nitrogens with zero attached hydrogens (tertiary/aromatic N) is 2. The molecule has 0 N–H and O–H groups in total. The number of furan rings is 1. The molecule has 0 saturated carbocycles. The third-order valence-corrected chi connectivity index (χ3v) is 13.9. The van der Waals surface area contributed by atoms with Gasteiger partial charge in [0, 0.05) is 49.0 Å². The van der Waals surface area contributed by atoms with Crippen LogP contribution in [0.3, 0.4) is 0 Å². The third kappa shape index (κ3) is 4.91. The van der Waals surface area contributed by atoms with E-state index in [0.717, 1.165) is 102 Å². The number of hydrogen-bond donors (Lipinski definition) is 0. The fourth-order valence-corrected chi connectivity index (χ4v) is 11.2. The molecule has 0 saturated heterocycles. The van der Waals surface area contributed by atoms with Crippen LogP contribution in [0.4, 0.5) is 0 Å². The first-order chi connectivity index (χ1) is 31.7. The molecule has 0 fully saturated rings. The Labute approximate surface area is 369 Å². The van der Waals surface area contributed by atoms with Crippen LogP contribution in [-0.2, 0) is 5.41 Å². The van der Waals surface area contributed by atoms with Crippen molar-refractivity contribution in [1.29, 1.82) is 0 Å². The second-order valence-corrected chi connectivity index (χ2v) is 17.2. The number of pyridine rings is 1. The largest absolute Gasteiger partial charge is 0.457 e. The van der Waals surface area contributed by atoms with Crippen LogP contribution in [0.25, 0.3) is 95.4 Å². The van der Waals surface area contributed by atoms with Crippen LogP contribution < -0.4 is 15.3 Å². The Morgan fingerprint density at radius 3 is 1.94 bits per heavy atom. The van der Waals surface area contributed by atoms with Gasteiger partial charge in [-0.15, -0.1) is 0 Å². The molecule has 1 aliphatic carbocycles. The molecule has 14 rings (SSSR count). The van der Waals surface area contributed by atoms with Crippen molar-refractivity contribution in [2.24, 2.45) is 0 Å². The second-order valence-electron chi connectivity index (χ2n) is 17.2. The van der Waals surface area contributed by atoms with Gasteiger partial charge in [0.25, 0.3) is 0 Å². The van der Waals surface area contributed by atoms with Gasteiger partial charge in [0.15, 0.2) is 0 Å². The van der Waals surface area contributed by atoms with Gasteiger partial charge in [0.05, 0.1) is 28.0 Å². The van der Waals surface area contributed by atoms with Gasteiger partial charge in [-0.05, 0) is 94.8 Å². The van der Waals surface area contributed by atoms with E-state index in [1.165, 1.54) is 38.3 Å². The summed E-state index contributed by atoms with van der Waals surface area (Å²) in [4.78, 5) is 5.35. The molecule has 2 aliphatic heterocycles. The van der Waals surface area contributed by atoms with E-state index in [1.54, 1.807) is 0 Å². The predicted molar refractivity (Wildman–Crippen MR) is 259 cm³/mol. The molecule has 0 atom stereocenters. The van der Waals surface area contributed by atoms with Crippen LogP contribution in [0, 0.1) is 0 Å². The van der Waals surface area contributed by atoms with Crippen LogP contribution in [-0.4, -0.2) is 9.55 Å². The average molecular weight is 819 g/mol. The smallest absolute Gasteiger partial charge is 0.136 e. The van der Waals surface area contributed by atoms with Gasteiger partial charge in [-0.25, -0.2) is 4.98 Å². The molecule has 3 aliphatic rings. The lowest BCUT2D eigenvalue weighted by Gasteiger charge is -2.45. The first kappa shape index (κ1) is 35.4. The van der Waals surface area contributed by atoms with Crippen LogP contribution >= 0.6 is 0 Å². The first-order valence-corrected chi connectivity index (χ1v) is 22.2. The highest BCUT2D eigenvalue weighted by Gasteiger charge is 2.50. The van der Waals surface area contributed by atoms with Crippen molar-refractivity contribution >= 4 is 45.0 Å². The summed E-state index contributed by atoms with van der Waals surface area (Å²) in [5, 5.41) is 6.01. The molecule has 64 heavy (non-hydrogen) atoms. The molecular weight excluding hydrogens is 781 g/mol. The van der Waals surface area contributed by atoms with E-state index in [2.05, 4.69) is 205 Å². The van der Waals surface area contributed by atoms with E-state index < -0.39 is 5.41 Å². The average Bonchev–Trinajstić information content (AvgIpc) is 3.92. The van der Waals surface area contributed by atoms with Gasteiger partial charge in [0.2, 0.25) is 0 Å². The molecule has 0 unspecified atom stereocenters. The van der Waals surface area contributed by atoms with E-state index in [0.29, 0.717) is 0 Å². The van der Waals surface area contributed by atoms with Gasteiger partial charge in [-0.3, -0.25) is 0 Å². The maximum absolute atomic E-state index is 6.71. The Kier molecular flexibility index (Phi) is 7.41. The lowest BCUT2D eigenvalue weighted by Crippen LogP contribution is -2.40. The molecule has 0 radical (unpaired) electrons. The lowest BCUT2D eigenvalue weighted by atomic mass is 9.61. The number of rotatable bonds is 4. The van der Waals surface area contributed by atoms with Gasteiger partial charge < -0.3 is 13.7 Å². The molecule has 4 heteroatoms. The van der Waals surface area contributed by atoms with E-state index in [9.17, 15) is 0 Å².